The highest BCUT2D eigenvalue weighted by atomic mass is 15.3. The Labute approximate surface area is 71.0 Å². The molecule has 2 nitrogen and oxygen atoms in total. The van der Waals surface area contributed by atoms with Gasteiger partial charge in [-0.15, -0.1) is 0 Å². The molecule has 2 saturated heterocycles. The van der Waals surface area contributed by atoms with Gasteiger partial charge >= 0.3 is 0 Å². The molecular weight excluding hydrogens is 135 g/mol. The van der Waals surface area contributed by atoms with Crippen molar-refractivity contribution >= 4 is 7.98 Å². The predicted molar refractivity (Wildman–Crippen MR) is 48.6 cm³/mol. The van der Waals surface area contributed by atoms with Crippen molar-refractivity contribution in [3.05, 3.63) is 0 Å². The zero-order chi connectivity index (χ0) is 8.43. The summed E-state index contributed by atoms with van der Waals surface area (Å²) in [5, 5.41) is 0. The zero-order valence-corrected chi connectivity index (χ0v) is 7.75. The molecule has 2 aliphatic heterocycles. The highest BCUT2D eigenvalue weighted by molar-refractivity contribution is 6.04. The summed E-state index contributed by atoms with van der Waals surface area (Å²) in [5.74, 6) is 0. The third-order valence-corrected chi connectivity index (χ3v) is 2.56. The van der Waals surface area contributed by atoms with E-state index in [0.29, 0.717) is 6.04 Å². The van der Waals surface area contributed by atoms with Crippen LogP contribution >= 0.6 is 0 Å². The lowest BCUT2D eigenvalue weighted by atomic mass is 10.2. The summed E-state index contributed by atoms with van der Waals surface area (Å²) in [6, 6.07) is 1.40. The molecular formula is C8H17BN2. The molecule has 2 fully saturated rings. The van der Waals surface area contributed by atoms with Crippen LogP contribution < -0.4 is 0 Å². The van der Waals surface area contributed by atoms with Gasteiger partial charge in [0.05, 0.1) is 0 Å². The molecule has 0 spiro atoms. The van der Waals surface area contributed by atoms with Gasteiger partial charge in [0.25, 0.3) is 0 Å². The van der Waals surface area contributed by atoms with Crippen molar-refractivity contribution in [1.29, 1.82) is 0 Å². The van der Waals surface area contributed by atoms with Crippen LogP contribution in [0.25, 0.3) is 0 Å². The quantitative estimate of drug-likeness (QED) is 0.466. The number of likely N-dealkylation sites (N-methyl/N-ethyl adjacent to an activating group) is 1. The molecule has 2 rings (SSSR count). The van der Waals surface area contributed by atoms with Gasteiger partial charge < -0.3 is 9.71 Å². The van der Waals surface area contributed by atoms with Crippen LogP contribution in [0.1, 0.15) is 20.3 Å². The Hall–Kier alpha value is -0.0151. The Kier molecular flexibility index (Phi) is 2.96. The number of piperazine rings is 1. The molecule has 0 aromatic heterocycles. The molecule has 0 aromatic carbocycles. The predicted octanol–water partition coefficient (Wildman–Crippen LogP) is 0.484. The number of rotatable bonds is 0. The molecule has 2 atom stereocenters. The lowest BCUT2D eigenvalue weighted by Crippen LogP contribution is -2.42. The second kappa shape index (κ2) is 3.59. The van der Waals surface area contributed by atoms with Crippen molar-refractivity contribution in [3.63, 3.8) is 0 Å². The van der Waals surface area contributed by atoms with Gasteiger partial charge in [0.1, 0.15) is 0 Å². The molecule has 0 aliphatic carbocycles. The van der Waals surface area contributed by atoms with E-state index >= 15 is 0 Å². The van der Waals surface area contributed by atoms with E-state index < -0.39 is 0 Å². The highest BCUT2D eigenvalue weighted by Crippen LogP contribution is 2.26. The van der Waals surface area contributed by atoms with Gasteiger partial charge in [-0.3, -0.25) is 0 Å². The monoisotopic (exact) mass is 152 g/mol. The van der Waals surface area contributed by atoms with Crippen LogP contribution in [-0.4, -0.2) is 49.9 Å². The topological polar surface area (TPSA) is 6.48 Å². The van der Waals surface area contributed by atoms with Gasteiger partial charge in [-0.1, -0.05) is 13.8 Å². The molecule has 0 saturated carbocycles. The minimum atomic E-state index is 0.653. The summed E-state index contributed by atoms with van der Waals surface area (Å²) in [6.45, 7) is 6.24. The molecule has 0 aromatic rings. The van der Waals surface area contributed by atoms with E-state index in [1.165, 1.54) is 13.0 Å². The maximum absolute atomic E-state index is 5.69. The van der Waals surface area contributed by atoms with E-state index in [2.05, 4.69) is 11.9 Å². The number of hydrogen-bond donors (Lipinski definition) is 0. The second-order valence-corrected chi connectivity index (χ2v) is 3.18. The lowest BCUT2D eigenvalue weighted by molar-refractivity contribution is 0.221. The van der Waals surface area contributed by atoms with E-state index in [9.17, 15) is 0 Å². The van der Waals surface area contributed by atoms with Crippen LogP contribution in [0, 0.1) is 0 Å². The summed E-state index contributed by atoms with van der Waals surface area (Å²) >= 11 is 0. The number of nitrogens with zero attached hydrogens (tertiary/aromatic N) is 2. The molecule has 62 valence electrons. The van der Waals surface area contributed by atoms with E-state index in [-0.39, 0.29) is 0 Å². The Morgan fingerprint density at radius 2 is 1.82 bits per heavy atom. The first-order chi connectivity index (χ1) is 5.27. The third kappa shape index (κ3) is 1.59. The maximum atomic E-state index is 5.69. The largest absolute Gasteiger partial charge is 0.349 e. The van der Waals surface area contributed by atoms with Crippen LogP contribution in [0.2, 0.25) is 0 Å². The average molecular weight is 152 g/mol. The van der Waals surface area contributed by atoms with E-state index in [1.807, 2.05) is 18.7 Å². The first kappa shape index (κ1) is 9.08. The summed E-state index contributed by atoms with van der Waals surface area (Å²) < 4.78 is 0. The zero-order valence-electron chi connectivity index (χ0n) is 7.75. The van der Waals surface area contributed by atoms with E-state index in [1.54, 1.807) is 0 Å². The molecule has 2 bridgehead atoms. The molecule has 2 aliphatic rings. The Bertz CT molecular complexity index is 111. The van der Waals surface area contributed by atoms with Crippen molar-refractivity contribution in [2.24, 2.45) is 0 Å². The number of hydrogen-bond acceptors (Lipinski definition) is 2. The molecule has 2 radical (unpaired) electrons. The summed E-state index contributed by atoms with van der Waals surface area (Å²) in [5.41, 5.74) is 0. The summed E-state index contributed by atoms with van der Waals surface area (Å²) in [7, 11) is 7.87. The van der Waals surface area contributed by atoms with Gasteiger partial charge in [0.2, 0.25) is 0 Å². The summed E-state index contributed by atoms with van der Waals surface area (Å²) in [4.78, 5) is 4.37. The fraction of sp³-hybridized carbons (Fsp3) is 1.00. The van der Waals surface area contributed by atoms with Crippen LogP contribution in [0.4, 0.5) is 0 Å². The van der Waals surface area contributed by atoms with Crippen molar-refractivity contribution in [1.82, 2.24) is 9.71 Å². The third-order valence-electron chi connectivity index (χ3n) is 2.56. The minimum absolute atomic E-state index is 0.653. The van der Waals surface area contributed by atoms with Gasteiger partial charge in [0.15, 0.2) is 7.98 Å². The number of fused-ring (bicyclic) bond motifs is 2. The van der Waals surface area contributed by atoms with Gasteiger partial charge in [-0.2, -0.15) is 0 Å². The molecule has 0 N–H and O–H groups in total. The SMILES string of the molecule is CC.[B]N1CC2CC1CN2C. The fourth-order valence-corrected chi connectivity index (χ4v) is 1.90. The van der Waals surface area contributed by atoms with Crippen molar-refractivity contribution in [3.8, 4) is 0 Å². The Balaban J connectivity index is 0.000000281. The molecule has 0 amide bonds. The van der Waals surface area contributed by atoms with Crippen LogP contribution in [-0.2, 0) is 0 Å². The second-order valence-electron chi connectivity index (χ2n) is 3.18. The van der Waals surface area contributed by atoms with E-state index in [4.69, 9.17) is 7.98 Å². The van der Waals surface area contributed by atoms with E-state index in [0.717, 1.165) is 12.6 Å². The van der Waals surface area contributed by atoms with Gasteiger partial charge in [-0.05, 0) is 13.5 Å². The van der Waals surface area contributed by atoms with Crippen molar-refractivity contribution in [2.45, 2.75) is 32.4 Å². The van der Waals surface area contributed by atoms with Crippen LogP contribution in [0.3, 0.4) is 0 Å². The average Bonchev–Trinajstić information content (AvgIpc) is 2.51. The van der Waals surface area contributed by atoms with Gasteiger partial charge in [-0.25, -0.2) is 0 Å². The molecule has 3 heteroatoms. The molecule has 2 heterocycles. The first-order valence-corrected chi connectivity index (χ1v) is 4.49. The summed E-state index contributed by atoms with van der Waals surface area (Å²) in [6.07, 6.45) is 1.28. The highest BCUT2D eigenvalue weighted by Gasteiger charge is 2.38. The first-order valence-electron chi connectivity index (χ1n) is 4.49. The Morgan fingerprint density at radius 1 is 1.18 bits per heavy atom. The smallest absolute Gasteiger partial charge is 0.183 e. The number of likely N-dealkylation sites (tertiary alicyclic amines) is 1. The fourth-order valence-electron chi connectivity index (χ4n) is 1.90. The maximum Gasteiger partial charge on any atom is 0.183 e. The lowest BCUT2D eigenvalue weighted by Gasteiger charge is -2.29. The van der Waals surface area contributed by atoms with Gasteiger partial charge in [0, 0.05) is 25.2 Å². The Morgan fingerprint density at radius 3 is 2.09 bits per heavy atom. The standard InChI is InChI=1S/C6H11BN2.C2H6/c1-8-3-6-2-5(8)4-9(6)7;1-2/h5-6H,2-4H2,1H3;1-2H3. The molecule has 11 heavy (non-hydrogen) atoms. The normalized spacial score (nSPS) is 37.0. The minimum Gasteiger partial charge on any atom is -0.349 e. The van der Waals surface area contributed by atoms with Crippen molar-refractivity contribution < 1.29 is 0 Å². The van der Waals surface area contributed by atoms with Crippen LogP contribution in [0.5, 0.6) is 0 Å². The molecule has 2 unspecified atom stereocenters. The van der Waals surface area contributed by atoms with Crippen molar-refractivity contribution in [2.75, 3.05) is 20.1 Å². The van der Waals surface area contributed by atoms with Crippen LogP contribution in [0.15, 0.2) is 0 Å².